The summed E-state index contributed by atoms with van der Waals surface area (Å²) < 4.78 is 29.2. The van der Waals surface area contributed by atoms with E-state index in [1.54, 1.807) is 19.1 Å². The fourth-order valence-corrected chi connectivity index (χ4v) is 3.30. The molecule has 0 saturated carbocycles. The Morgan fingerprint density at radius 2 is 1.81 bits per heavy atom. The second-order valence-corrected chi connectivity index (χ2v) is 8.38. The Labute approximate surface area is 155 Å². The largest absolute Gasteiger partial charge is 0.494 e. The summed E-state index contributed by atoms with van der Waals surface area (Å²) in [6, 6.07) is 14.1. The van der Waals surface area contributed by atoms with Crippen molar-refractivity contribution in [3.8, 4) is 5.75 Å². The van der Waals surface area contributed by atoms with E-state index in [0.717, 1.165) is 24.2 Å². The third-order valence-corrected chi connectivity index (χ3v) is 5.68. The minimum Gasteiger partial charge on any atom is -0.494 e. The van der Waals surface area contributed by atoms with E-state index >= 15 is 0 Å². The second kappa shape index (κ2) is 9.38. The zero-order valence-electron chi connectivity index (χ0n) is 15.2. The highest BCUT2D eigenvalue weighted by Crippen LogP contribution is 2.16. The number of anilines is 1. The summed E-state index contributed by atoms with van der Waals surface area (Å²) in [7, 11) is -3.22. The van der Waals surface area contributed by atoms with Gasteiger partial charge in [-0.15, -0.1) is 0 Å². The summed E-state index contributed by atoms with van der Waals surface area (Å²) in [6.45, 7) is 4.19. The first-order valence-electron chi connectivity index (χ1n) is 8.73. The summed E-state index contributed by atoms with van der Waals surface area (Å²) in [5.41, 5.74) is 1.75. The van der Waals surface area contributed by atoms with Crippen molar-refractivity contribution in [1.29, 1.82) is 0 Å². The molecular formula is C20H25NO4S. The lowest BCUT2D eigenvalue weighted by Gasteiger charge is -2.08. The summed E-state index contributed by atoms with van der Waals surface area (Å²) in [4.78, 5) is 12.2. The van der Waals surface area contributed by atoms with Crippen LogP contribution in [0.2, 0.25) is 0 Å². The number of ether oxygens (including phenoxy) is 1. The van der Waals surface area contributed by atoms with Crippen LogP contribution in [0.25, 0.3) is 0 Å². The normalized spacial score (nSPS) is 11.2. The van der Waals surface area contributed by atoms with Gasteiger partial charge in [-0.05, 0) is 61.7 Å². The van der Waals surface area contributed by atoms with E-state index in [1.807, 2.05) is 31.2 Å². The molecule has 5 nitrogen and oxygen atoms in total. The van der Waals surface area contributed by atoms with Gasteiger partial charge in [0.1, 0.15) is 5.75 Å². The van der Waals surface area contributed by atoms with Gasteiger partial charge in [-0.3, -0.25) is 4.79 Å². The Morgan fingerprint density at radius 3 is 2.46 bits per heavy atom. The van der Waals surface area contributed by atoms with Gasteiger partial charge in [-0.1, -0.05) is 19.1 Å². The zero-order chi connectivity index (χ0) is 19.0. The van der Waals surface area contributed by atoms with Gasteiger partial charge in [-0.2, -0.15) is 0 Å². The van der Waals surface area contributed by atoms with E-state index in [2.05, 4.69) is 5.32 Å². The summed E-state index contributed by atoms with van der Waals surface area (Å²) in [5.74, 6) is 0.812. The molecule has 2 aromatic rings. The number of carbonyl (C=O) groups is 1. The van der Waals surface area contributed by atoms with Crippen LogP contribution in [0.3, 0.4) is 0 Å². The zero-order valence-corrected chi connectivity index (χ0v) is 16.0. The average Bonchev–Trinajstić information content (AvgIpc) is 2.62. The van der Waals surface area contributed by atoms with Crippen LogP contribution in [-0.2, 0) is 14.6 Å². The molecule has 26 heavy (non-hydrogen) atoms. The third-order valence-electron chi connectivity index (χ3n) is 3.93. The molecule has 0 heterocycles. The van der Waals surface area contributed by atoms with Gasteiger partial charge >= 0.3 is 0 Å². The van der Waals surface area contributed by atoms with Gasteiger partial charge in [0.15, 0.2) is 9.84 Å². The Balaban J connectivity index is 1.70. The molecule has 0 bridgehead atoms. The highest BCUT2D eigenvalue weighted by molar-refractivity contribution is 7.91. The lowest BCUT2D eigenvalue weighted by molar-refractivity contribution is -0.116. The van der Waals surface area contributed by atoms with Gasteiger partial charge in [0.25, 0.3) is 0 Å². The average molecular weight is 375 g/mol. The minimum absolute atomic E-state index is 0.0589. The fraction of sp³-hybridized carbons (Fsp3) is 0.350. The van der Waals surface area contributed by atoms with Gasteiger partial charge in [0, 0.05) is 12.1 Å². The molecule has 0 aliphatic rings. The van der Waals surface area contributed by atoms with Gasteiger partial charge in [0.05, 0.1) is 17.3 Å². The van der Waals surface area contributed by atoms with Crippen molar-refractivity contribution < 1.29 is 17.9 Å². The van der Waals surface area contributed by atoms with Crippen molar-refractivity contribution in [2.75, 3.05) is 17.7 Å². The molecule has 2 aromatic carbocycles. The third kappa shape index (κ3) is 6.19. The van der Waals surface area contributed by atoms with E-state index in [-0.39, 0.29) is 16.6 Å². The predicted molar refractivity (Wildman–Crippen MR) is 103 cm³/mol. The van der Waals surface area contributed by atoms with Crippen LogP contribution in [0.4, 0.5) is 5.69 Å². The SMILES string of the molecule is CCS(=O)(=O)c1ccc(NC(=O)CCCCOc2cccc(C)c2)cc1. The number of aryl methyl sites for hydroxylation is 1. The Hall–Kier alpha value is -2.34. The molecule has 1 N–H and O–H groups in total. The lowest BCUT2D eigenvalue weighted by atomic mass is 10.2. The van der Waals surface area contributed by atoms with Crippen molar-refractivity contribution in [1.82, 2.24) is 0 Å². The quantitative estimate of drug-likeness (QED) is 0.673. The van der Waals surface area contributed by atoms with Crippen molar-refractivity contribution in [2.45, 2.75) is 38.0 Å². The van der Waals surface area contributed by atoms with E-state index in [0.29, 0.717) is 18.7 Å². The number of rotatable bonds is 9. The van der Waals surface area contributed by atoms with E-state index in [4.69, 9.17) is 4.74 Å². The number of amides is 1. The van der Waals surface area contributed by atoms with Crippen LogP contribution in [0.1, 0.15) is 31.7 Å². The number of nitrogens with one attached hydrogen (secondary N) is 1. The van der Waals surface area contributed by atoms with Crippen LogP contribution in [-0.4, -0.2) is 26.7 Å². The van der Waals surface area contributed by atoms with Crippen molar-refractivity contribution >= 4 is 21.4 Å². The van der Waals surface area contributed by atoms with Crippen molar-refractivity contribution in [3.05, 3.63) is 54.1 Å². The first-order valence-corrected chi connectivity index (χ1v) is 10.4. The molecule has 1 amide bonds. The summed E-state index contributed by atoms with van der Waals surface area (Å²) >= 11 is 0. The predicted octanol–water partition coefficient (Wildman–Crippen LogP) is 3.98. The molecule has 0 aliphatic heterocycles. The molecular weight excluding hydrogens is 350 g/mol. The fourth-order valence-electron chi connectivity index (χ4n) is 2.42. The van der Waals surface area contributed by atoms with Gasteiger partial charge in [-0.25, -0.2) is 8.42 Å². The standard InChI is InChI=1S/C20H25NO4S/c1-3-26(23,24)19-12-10-17(11-13-19)21-20(22)9-4-5-14-25-18-8-6-7-16(2)15-18/h6-8,10-13,15H,3-5,9,14H2,1-2H3,(H,21,22). The summed E-state index contributed by atoms with van der Waals surface area (Å²) in [5, 5.41) is 2.78. The molecule has 140 valence electrons. The molecule has 0 radical (unpaired) electrons. The van der Waals surface area contributed by atoms with Crippen molar-refractivity contribution in [2.24, 2.45) is 0 Å². The van der Waals surface area contributed by atoms with Gasteiger partial charge in [0.2, 0.25) is 5.91 Å². The Morgan fingerprint density at radius 1 is 1.08 bits per heavy atom. The topological polar surface area (TPSA) is 72.5 Å². The Bertz CT molecular complexity index is 829. The maximum atomic E-state index is 12.0. The molecule has 0 aromatic heterocycles. The highest BCUT2D eigenvalue weighted by atomic mass is 32.2. The number of unbranched alkanes of at least 4 members (excludes halogenated alkanes) is 1. The van der Waals surface area contributed by atoms with Gasteiger partial charge < -0.3 is 10.1 Å². The van der Waals surface area contributed by atoms with E-state index in [1.165, 1.54) is 12.1 Å². The first kappa shape index (κ1) is 20.0. The van der Waals surface area contributed by atoms with Crippen LogP contribution < -0.4 is 10.1 Å². The minimum atomic E-state index is -3.22. The van der Waals surface area contributed by atoms with Crippen LogP contribution >= 0.6 is 0 Å². The van der Waals surface area contributed by atoms with E-state index < -0.39 is 9.84 Å². The molecule has 0 fully saturated rings. The smallest absolute Gasteiger partial charge is 0.224 e. The first-order chi connectivity index (χ1) is 12.4. The Kier molecular flexibility index (Phi) is 7.21. The number of benzene rings is 2. The maximum Gasteiger partial charge on any atom is 0.224 e. The molecule has 0 aliphatic carbocycles. The van der Waals surface area contributed by atoms with Crippen LogP contribution in [0, 0.1) is 6.92 Å². The molecule has 0 spiro atoms. The summed E-state index contributed by atoms with van der Waals surface area (Å²) in [6.07, 6.45) is 1.90. The molecule has 2 rings (SSSR count). The molecule has 0 saturated heterocycles. The number of hydrogen-bond acceptors (Lipinski definition) is 4. The molecule has 6 heteroatoms. The van der Waals surface area contributed by atoms with Crippen LogP contribution in [0.5, 0.6) is 5.75 Å². The number of carbonyl (C=O) groups excluding carboxylic acids is 1. The highest BCUT2D eigenvalue weighted by Gasteiger charge is 2.11. The molecule has 0 unspecified atom stereocenters. The number of sulfone groups is 1. The van der Waals surface area contributed by atoms with Crippen molar-refractivity contribution in [3.63, 3.8) is 0 Å². The number of hydrogen-bond donors (Lipinski definition) is 1. The monoisotopic (exact) mass is 375 g/mol. The van der Waals surface area contributed by atoms with Crippen LogP contribution in [0.15, 0.2) is 53.4 Å². The lowest BCUT2D eigenvalue weighted by Crippen LogP contribution is -2.12. The maximum absolute atomic E-state index is 12.0. The van der Waals surface area contributed by atoms with E-state index in [9.17, 15) is 13.2 Å². The molecule has 0 atom stereocenters. The second-order valence-electron chi connectivity index (χ2n) is 6.10.